The highest BCUT2D eigenvalue weighted by molar-refractivity contribution is 5.94. The Kier molecular flexibility index (Phi) is 4.82. The Morgan fingerprint density at radius 1 is 1.36 bits per heavy atom. The SMILES string of the molecule is CC(C)N(O)CC(=CC(=O)O)C(=O)O. The van der Waals surface area contributed by atoms with E-state index in [0.29, 0.717) is 6.08 Å². The van der Waals surface area contributed by atoms with Crippen molar-refractivity contribution in [2.24, 2.45) is 0 Å². The van der Waals surface area contributed by atoms with Crippen LogP contribution in [0.2, 0.25) is 0 Å². The molecule has 0 aromatic rings. The second-order valence-corrected chi connectivity index (χ2v) is 3.00. The van der Waals surface area contributed by atoms with E-state index in [9.17, 15) is 14.8 Å². The second-order valence-electron chi connectivity index (χ2n) is 3.00. The minimum atomic E-state index is -1.35. The third kappa shape index (κ3) is 4.58. The lowest BCUT2D eigenvalue weighted by molar-refractivity contribution is -0.139. The number of hydrogen-bond acceptors (Lipinski definition) is 4. The van der Waals surface area contributed by atoms with Crippen molar-refractivity contribution in [3.63, 3.8) is 0 Å². The van der Waals surface area contributed by atoms with Gasteiger partial charge in [0.2, 0.25) is 0 Å². The highest BCUT2D eigenvalue weighted by atomic mass is 16.5. The van der Waals surface area contributed by atoms with Gasteiger partial charge in [-0.05, 0) is 13.8 Å². The lowest BCUT2D eigenvalue weighted by Crippen LogP contribution is -2.31. The molecular formula is C8H13NO5. The summed E-state index contributed by atoms with van der Waals surface area (Å²) in [6.07, 6.45) is 0.563. The van der Waals surface area contributed by atoms with Crippen LogP contribution in [-0.2, 0) is 9.59 Å². The molecule has 0 unspecified atom stereocenters. The summed E-state index contributed by atoms with van der Waals surface area (Å²) in [4.78, 5) is 20.7. The lowest BCUT2D eigenvalue weighted by Gasteiger charge is -2.18. The zero-order valence-corrected chi connectivity index (χ0v) is 7.97. The number of rotatable bonds is 5. The molecule has 0 rings (SSSR count). The van der Waals surface area contributed by atoms with Gasteiger partial charge in [0.25, 0.3) is 0 Å². The highest BCUT2D eigenvalue weighted by Gasteiger charge is 2.15. The normalized spacial score (nSPS) is 12.2. The molecule has 0 atom stereocenters. The van der Waals surface area contributed by atoms with Crippen LogP contribution >= 0.6 is 0 Å². The average molecular weight is 203 g/mol. The minimum Gasteiger partial charge on any atom is -0.478 e. The fourth-order valence-electron chi connectivity index (χ4n) is 0.681. The third-order valence-corrected chi connectivity index (χ3v) is 1.50. The predicted octanol–water partition coefficient (Wildman–Crippen LogP) is 0.182. The smallest absolute Gasteiger partial charge is 0.333 e. The number of aliphatic carboxylic acids is 2. The quantitative estimate of drug-likeness (QED) is 0.435. The Bertz CT molecular complexity index is 258. The maximum absolute atomic E-state index is 10.5. The van der Waals surface area contributed by atoms with Crippen LogP contribution < -0.4 is 0 Å². The summed E-state index contributed by atoms with van der Waals surface area (Å²) in [5, 5.41) is 26.9. The van der Waals surface area contributed by atoms with Gasteiger partial charge in [-0.2, -0.15) is 5.06 Å². The Balaban J connectivity index is 4.55. The molecule has 0 fully saturated rings. The number of carboxylic acid groups (broad SMARTS) is 2. The molecule has 6 heteroatoms. The average Bonchev–Trinajstić information content (AvgIpc) is 2.01. The topological polar surface area (TPSA) is 98.1 Å². The molecule has 6 nitrogen and oxygen atoms in total. The molecule has 80 valence electrons. The molecule has 0 heterocycles. The van der Waals surface area contributed by atoms with Crippen molar-refractivity contribution in [1.29, 1.82) is 0 Å². The van der Waals surface area contributed by atoms with Gasteiger partial charge >= 0.3 is 11.9 Å². The Morgan fingerprint density at radius 2 is 1.86 bits per heavy atom. The van der Waals surface area contributed by atoms with Crippen molar-refractivity contribution in [1.82, 2.24) is 5.06 Å². The third-order valence-electron chi connectivity index (χ3n) is 1.50. The molecule has 0 radical (unpaired) electrons. The molecule has 0 saturated heterocycles. The van der Waals surface area contributed by atoms with Crippen molar-refractivity contribution in [2.45, 2.75) is 19.9 Å². The van der Waals surface area contributed by atoms with Crippen LogP contribution in [0.25, 0.3) is 0 Å². The van der Waals surface area contributed by atoms with E-state index in [1.54, 1.807) is 13.8 Å². The summed E-state index contributed by atoms with van der Waals surface area (Å²) in [6, 6.07) is -0.272. The summed E-state index contributed by atoms with van der Waals surface area (Å²) in [7, 11) is 0. The van der Waals surface area contributed by atoms with E-state index in [1.165, 1.54) is 0 Å². The first kappa shape index (κ1) is 12.6. The molecular weight excluding hydrogens is 190 g/mol. The van der Waals surface area contributed by atoms with E-state index in [0.717, 1.165) is 5.06 Å². The second kappa shape index (κ2) is 5.36. The predicted molar refractivity (Wildman–Crippen MR) is 47.0 cm³/mol. The molecule has 0 aromatic carbocycles. The monoisotopic (exact) mass is 203 g/mol. The van der Waals surface area contributed by atoms with Gasteiger partial charge in [-0.3, -0.25) is 0 Å². The molecule has 0 saturated carbocycles. The minimum absolute atomic E-state index is 0.272. The van der Waals surface area contributed by atoms with Gasteiger partial charge in [-0.25, -0.2) is 9.59 Å². The summed E-state index contributed by atoms with van der Waals surface area (Å²) in [5.41, 5.74) is -0.367. The molecule has 0 spiro atoms. The fourth-order valence-corrected chi connectivity index (χ4v) is 0.681. The van der Waals surface area contributed by atoms with Crippen LogP contribution in [0.3, 0.4) is 0 Å². The highest BCUT2D eigenvalue weighted by Crippen LogP contribution is 2.01. The zero-order valence-electron chi connectivity index (χ0n) is 7.97. The van der Waals surface area contributed by atoms with E-state index in [-0.39, 0.29) is 18.2 Å². The largest absolute Gasteiger partial charge is 0.478 e. The lowest BCUT2D eigenvalue weighted by atomic mass is 10.2. The molecule has 0 amide bonds. The molecule has 0 aromatic heterocycles. The van der Waals surface area contributed by atoms with Crippen molar-refractivity contribution in [3.8, 4) is 0 Å². The van der Waals surface area contributed by atoms with Crippen molar-refractivity contribution >= 4 is 11.9 Å². The standard InChI is InChI=1S/C8H13NO5/c1-5(2)9(14)4-6(8(12)13)3-7(10)11/h3,5,14H,4H2,1-2H3,(H,10,11)(H,12,13). The van der Waals surface area contributed by atoms with E-state index >= 15 is 0 Å². The van der Waals surface area contributed by atoms with Gasteiger partial charge in [0.1, 0.15) is 0 Å². The molecule has 0 bridgehead atoms. The maximum Gasteiger partial charge on any atom is 0.333 e. The van der Waals surface area contributed by atoms with Gasteiger partial charge in [0.05, 0.1) is 12.1 Å². The van der Waals surface area contributed by atoms with Crippen molar-refractivity contribution < 1.29 is 25.0 Å². The maximum atomic E-state index is 10.5. The summed E-state index contributed by atoms with van der Waals surface area (Å²) < 4.78 is 0. The van der Waals surface area contributed by atoms with Crippen LogP contribution in [0, 0.1) is 0 Å². The Labute approximate surface area is 81.0 Å². The number of carboxylic acids is 2. The van der Waals surface area contributed by atoms with Crippen molar-refractivity contribution in [3.05, 3.63) is 11.6 Å². The molecule has 0 aliphatic carbocycles. The van der Waals surface area contributed by atoms with Crippen LogP contribution in [0.15, 0.2) is 11.6 Å². The molecule has 3 N–H and O–H groups in total. The Hall–Kier alpha value is -1.40. The van der Waals surface area contributed by atoms with Crippen molar-refractivity contribution in [2.75, 3.05) is 6.54 Å². The van der Waals surface area contributed by atoms with E-state index in [4.69, 9.17) is 10.2 Å². The number of hydroxylamine groups is 2. The number of carbonyl (C=O) groups is 2. The first-order chi connectivity index (χ1) is 6.34. The molecule has 0 aliphatic heterocycles. The molecule has 0 aliphatic rings. The van der Waals surface area contributed by atoms with Crippen LogP contribution in [0.1, 0.15) is 13.8 Å². The van der Waals surface area contributed by atoms with Gasteiger partial charge in [0, 0.05) is 12.1 Å². The van der Waals surface area contributed by atoms with E-state index < -0.39 is 11.9 Å². The van der Waals surface area contributed by atoms with Gasteiger partial charge in [0.15, 0.2) is 0 Å². The number of hydrogen-bond donors (Lipinski definition) is 3. The van der Waals surface area contributed by atoms with Crippen LogP contribution in [0.5, 0.6) is 0 Å². The van der Waals surface area contributed by atoms with E-state index in [1.807, 2.05) is 0 Å². The Morgan fingerprint density at radius 3 is 2.14 bits per heavy atom. The van der Waals surface area contributed by atoms with Crippen LogP contribution in [-0.4, -0.2) is 45.0 Å². The first-order valence-corrected chi connectivity index (χ1v) is 3.97. The molecule has 14 heavy (non-hydrogen) atoms. The van der Waals surface area contributed by atoms with Gasteiger partial charge in [-0.15, -0.1) is 0 Å². The van der Waals surface area contributed by atoms with Gasteiger partial charge in [-0.1, -0.05) is 0 Å². The number of nitrogens with zero attached hydrogens (tertiary/aromatic N) is 1. The summed E-state index contributed by atoms with van der Waals surface area (Å²) >= 11 is 0. The van der Waals surface area contributed by atoms with Gasteiger partial charge < -0.3 is 15.4 Å². The van der Waals surface area contributed by atoms with Crippen LogP contribution in [0.4, 0.5) is 0 Å². The first-order valence-electron chi connectivity index (χ1n) is 3.97. The summed E-state index contributed by atoms with van der Waals surface area (Å²) in [6.45, 7) is 2.99. The summed E-state index contributed by atoms with van der Waals surface area (Å²) in [5.74, 6) is -2.70. The zero-order chi connectivity index (χ0) is 11.3. The fraction of sp³-hybridized carbons (Fsp3) is 0.500. The van der Waals surface area contributed by atoms with E-state index in [2.05, 4.69) is 0 Å².